The van der Waals surface area contributed by atoms with Crippen molar-refractivity contribution >= 4 is 23.4 Å². The molecule has 2 aromatic carbocycles. The molecule has 33 heavy (non-hydrogen) atoms. The zero-order valence-corrected chi connectivity index (χ0v) is 17.9. The molecule has 5 rings (SSSR count). The van der Waals surface area contributed by atoms with Crippen LogP contribution in [0.4, 0.5) is 5.69 Å². The SMILES string of the molecule is [2H]C([2H])(Nc1cccc2c1C([2H])([2H])N(C1CCC(=O)NC1=O)C2=O)c1ccccc1C([2H])([2H])N1CCOCC1. The van der Waals surface area contributed by atoms with Gasteiger partial charge in [0.25, 0.3) is 5.91 Å². The molecular weight excluding hydrogens is 420 g/mol. The first-order chi connectivity index (χ1) is 18.4. The van der Waals surface area contributed by atoms with Gasteiger partial charge in [-0.2, -0.15) is 0 Å². The number of nitrogens with one attached hydrogen (secondary N) is 2. The van der Waals surface area contributed by atoms with Gasteiger partial charge in [0.2, 0.25) is 11.8 Å². The Labute approximate surface area is 201 Å². The average Bonchev–Trinajstić information content (AvgIpc) is 3.10. The van der Waals surface area contributed by atoms with E-state index in [1.807, 2.05) is 0 Å². The lowest BCUT2D eigenvalue weighted by molar-refractivity contribution is -0.136. The highest BCUT2D eigenvalue weighted by Gasteiger charge is 2.39. The number of carbonyl (C=O) groups is 3. The van der Waals surface area contributed by atoms with Crippen LogP contribution in [0.1, 0.15) is 48.1 Å². The molecule has 3 heterocycles. The number of piperidine rings is 1. The third-order valence-electron chi connectivity index (χ3n) is 5.82. The Bertz CT molecular complexity index is 1330. The summed E-state index contributed by atoms with van der Waals surface area (Å²) in [5.41, 5.74) is -0.0284. The summed E-state index contributed by atoms with van der Waals surface area (Å²) in [6, 6.07) is 9.34. The molecule has 0 bridgehead atoms. The van der Waals surface area contributed by atoms with Crippen molar-refractivity contribution < 1.29 is 27.3 Å². The Morgan fingerprint density at radius 2 is 1.88 bits per heavy atom. The highest BCUT2D eigenvalue weighted by atomic mass is 16.5. The lowest BCUT2D eigenvalue weighted by atomic mass is 10.0. The molecule has 0 spiro atoms. The second-order valence-corrected chi connectivity index (χ2v) is 7.99. The topological polar surface area (TPSA) is 91.0 Å². The Morgan fingerprint density at radius 1 is 1.09 bits per heavy atom. The minimum Gasteiger partial charge on any atom is -0.381 e. The summed E-state index contributed by atoms with van der Waals surface area (Å²) >= 11 is 0. The van der Waals surface area contributed by atoms with Crippen LogP contribution in [-0.2, 0) is 33.8 Å². The van der Waals surface area contributed by atoms with Crippen molar-refractivity contribution in [1.29, 1.82) is 0 Å². The normalized spacial score (nSPS) is 26.2. The van der Waals surface area contributed by atoms with E-state index in [1.165, 1.54) is 30.3 Å². The summed E-state index contributed by atoms with van der Waals surface area (Å²) in [4.78, 5) is 39.9. The van der Waals surface area contributed by atoms with Crippen LogP contribution in [0.5, 0.6) is 0 Å². The van der Waals surface area contributed by atoms with Crippen LogP contribution in [0, 0.1) is 0 Å². The Kier molecular flexibility index (Phi) is 4.40. The van der Waals surface area contributed by atoms with Crippen LogP contribution in [-0.4, -0.2) is 59.9 Å². The molecule has 0 aliphatic carbocycles. The van der Waals surface area contributed by atoms with Crippen LogP contribution in [0.2, 0.25) is 0 Å². The minimum absolute atomic E-state index is 0.00705. The highest BCUT2D eigenvalue weighted by Crippen LogP contribution is 2.32. The van der Waals surface area contributed by atoms with E-state index in [2.05, 4.69) is 10.6 Å². The van der Waals surface area contributed by atoms with Crippen LogP contribution < -0.4 is 10.6 Å². The number of fused-ring (bicyclic) bond motifs is 1. The predicted molar refractivity (Wildman–Crippen MR) is 122 cm³/mol. The molecule has 1 unspecified atom stereocenters. The van der Waals surface area contributed by atoms with E-state index in [4.69, 9.17) is 13.0 Å². The molecule has 1 atom stereocenters. The number of amides is 3. The number of rotatable bonds is 6. The fourth-order valence-electron chi connectivity index (χ4n) is 4.07. The van der Waals surface area contributed by atoms with E-state index < -0.39 is 43.3 Å². The van der Waals surface area contributed by atoms with Gasteiger partial charge in [0.05, 0.1) is 18.7 Å². The quantitative estimate of drug-likeness (QED) is 0.648. The van der Waals surface area contributed by atoms with E-state index in [0.717, 1.165) is 4.90 Å². The van der Waals surface area contributed by atoms with E-state index in [1.54, 1.807) is 17.0 Å². The summed E-state index contributed by atoms with van der Waals surface area (Å²) in [7, 11) is 0. The van der Waals surface area contributed by atoms with Gasteiger partial charge in [0, 0.05) is 58.6 Å². The predicted octanol–water partition coefficient (Wildman–Crippen LogP) is 1.89. The number of anilines is 1. The molecule has 2 aromatic rings. The van der Waals surface area contributed by atoms with Crippen LogP contribution in [0.25, 0.3) is 0 Å². The molecule has 2 saturated heterocycles. The maximum atomic E-state index is 13.3. The third-order valence-corrected chi connectivity index (χ3v) is 5.82. The van der Waals surface area contributed by atoms with Gasteiger partial charge in [0.15, 0.2) is 0 Å². The van der Waals surface area contributed by atoms with Crippen LogP contribution in [0.15, 0.2) is 42.5 Å². The Hall–Kier alpha value is -3.23. The molecule has 0 radical (unpaired) electrons. The first kappa shape index (κ1) is 15.6. The monoisotopic (exact) mass is 454 g/mol. The van der Waals surface area contributed by atoms with Crippen molar-refractivity contribution in [2.75, 3.05) is 31.6 Å². The maximum absolute atomic E-state index is 13.3. The lowest BCUT2D eigenvalue weighted by Gasteiger charge is -2.29. The smallest absolute Gasteiger partial charge is 0.255 e. The molecule has 0 aromatic heterocycles. The van der Waals surface area contributed by atoms with Crippen LogP contribution >= 0.6 is 0 Å². The molecule has 8 heteroatoms. The summed E-state index contributed by atoms with van der Waals surface area (Å²) in [6.45, 7) is -5.50. The number of ether oxygens (including phenoxy) is 1. The fourth-order valence-corrected chi connectivity index (χ4v) is 4.07. The van der Waals surface area contributed by atoms with Crippen molar-refractivity contribution in [3.05, 3.63) is 64.7 Å². The molecular formula is C25H28N4O4. The Balaban J connectivity index is 1.51. The molecule has 8 nitrogen and oxygen atoms in total. The van der Waals surface area contributed by atoms with E-state index in [0.29, 0.717) is 26.3 Å². The summed E-state index contributed by atoms with van der Waals surface area (Å²) < 4.78 is 58.4. The van der Waals surface area contributed by atoms with Gasteiger partial charge >= 0.3 is 0 Å². The van der Waals surface area contributed by atoms with Crippen molar-refractivity contribution in [2.45, 2.75) is 38.4 Å². The highest BCUT2D eigenvalue weighted by molar-refractivity contribution is 6.06. The van der Waals surface area contributed by atoms with Crippen molar-refractivity contribution in [2.24, 2.45) is 0 Å². The number of imide groups is 1. The summed E-state index contributed by atoms with van der Waals surface area (Å²) in [6.07, 6.45) is -0.0698. The largest absolute Gasteiger partial charge is 0.381 e. The number of carbonyl (C=O) groups excluding carboxylic acids is 3. The molecule has 2 N–H and O–H groups in total. The summed E-state index contributed by atoms with van der Waals surface area (Å²) in [5.74, 6) is -2.00. The third kappa shape index (κ3) is 4.49. The number of morpholine rings is 1. The first-order valence-corrected chi connectivity index (χ1v) is 10.9. The molecule has 0 saturated carbocycles. The van der Waals surface area contributed by atoms with E-state index >= 15 is 0 Å². The minimum atomic E-state index is -2.49. The van der Waals surface area contributed by atoms with Gasteiger partial charge < -0.3 is 15.0 Å². The molecule has 3 aliphatic heterocycles. The van der Waals surface area contributed by atoms with Gasteiger partial charge in [-0.3, -0.25) is 24.6 Å². The van der Waals surface area contributed by atoms with E-state index in [-0.39, 0.29) is 40.8 Å². The number of nitrogens with zero attached hydrogens (tertiary/aromatic N) is 2. The van der Waals surface area contributed by atoms with Gasteiger partial charge in [0.1, 0.15) is 6.04 Å². The number of hydrogen-bond donors (Lipinski definition) is 2. The molecule has 3 aliphatic rings. The molecule has 2 fully saturated rings. The fraction of sp³-hybridized carbons (Fsp3) is 0.400. The van der Waals surface area contributed by atoms with Gasteiger partial charge in [-0.05, 0) is 29.7 Å². The van der Waals surface area contributed by atoms with Crippen LogP contribution in [0.3, 0.4) is 0 Å². The number of hydrogen-bond acceptors (Lipinski definition) is 6. The number of benzene rings is 2. The summed E-state index contributed by atoms with van der Waals surface area (Å²) in [5, 5.41) is 4.87. The van der Waals surface area contributed by atoms with E-state index in [9.17, 15) is 14.4 Å². The second kappa shape index (κ2) is 9.33. The Morgan fingerprint density at radius 3 is 2.67 bits per heavy atom. The zero-order valence-electron chi connectivity index (χ0n) is 23.9. The second-order valence-electron chi connectivity index (χ2n) is 7.99. The first-order valence-electron chi connectivity index (χ1n) is 13.9. The average molecular weight is 455 g/mol. The molecule has 3 amide bonds. The van der Waals surface area contributed by atoms with Gasteiger partial charge in [-0.25, -0.2) is 0 Å². The standard InChI is InChI=1S/C25H28N4O4/c30-23-9-8-22(24(31)27-23)29-16-20-19(25(29)32)6-3-7-21(20)26-14-17-4-1-2-5-18(17)15-28-10-12-33-13-11-28/h1-7,22,26H,8-16H2,(H,27,30,31)/i14D2,15D2,16D2. The molecule has 172 valence electrons. The lowest BCUT2D eigenvalue weighted by Crippen LogP contribution is -2.52. The van der Waals surface area contributed by atoms with Crippen molar-refractivity contribution in [3.8, 4) is 0 Å². The van der Waals surface area contributed by atoms with Gasteiger partial charge in [-0.1, -0.05) is 30.3 Å². The maximum Gasteiger partial charge on any atom is 0.255 e. The zero-order chi connectivity index (χ0) is 28.2. The van der Waals surface area contributed by atoms with Crippen molar-refractivity contribution in [3.63, 3.8) is 0 Å². The van der Waals surface area contributed by atoms with Crippen molar-refractivity contribution in [1.82, 2.24) is 15.1 Å². The van der Waals surface area contributed by atoms with Gasteiger partial charge in [-0.15, -0.1) is 0 Å².